The normalized spacial score (nSPS) is 11.1. The third-order valence-corrected chi connectivity index (χ3v) is 3.84. The molecule has 0 unspecified atom stereocenters. The van der Waals surface area contributed by atoms with Crippen molar-refractivity contribution < 1.29 is 4.74 Å². The second-order valence-electron chi connectivity index (χ2n) is 5.33. The molecular weight excluding hydrogens is 236 g/mol. The molecule has 0 fully saturated rings. The Balaban J connectivity index is 2.74. The Morgan fingerprint density at radius 1 is 1.16 bits per heavy atom. The van der Waals surface area contributed by atoms with Crippen LogP contribution >= 0.6 is 0 Å². The highest BCUT2D eigenvalue weighted by molar-refractivity contribution is 5.49. The first-order valence-corrected chi connectivity index (χ1v) is 7.03. The van der Waals surface area contributed by atoms with Gasteiger partial charge in [-0.25, -0.2) is 0 Å². The quantitative estimate of drug-likeness (QED) is 0.822. The van der Waals surface area contributed by atoms with E-state index in [4.69, 9.17) is 10.5 Å². The van der Waals surface area contributed by atoms with Gasteiger partial charge in [-0.05, 0) is 76.0 Å². The summed E-state index contributed by atoms with van der Waals surface area (Å²) in [7, 11) is 3.91. The van der Waals surface area contributed by atoms with Crippen LogP contribution in [0.25, 0.3) is 0 Å². The van der Waals surface area contributed by atoms with Gasteiger partial charge in [0, 0.05) is 6.54 Å². The average Bonchev–Trinajstić information content (AvgIpc) is 2.39. The molecule has 0 amide bonds. The number of hydrogen-bond acceptors (Lipinski definition) is 3. The van der Waals surface area contributed by atoms with Gasteiger partial charge in [0.15, 0.2) is 0 Å². The largest absolute Gasteiger partial charge is 0.496 e. The highest BCUT2D eigenvalue weighted by Gasteiger charge is 2.11. The topological polar surface area (TPSA) is 38.5 Å². The van der Waals surface area contributed by atoms with Crippen molar-refractivity contribution in [1.29, 1.82) is 0 Å². The standard InChI is InChI=1S/C16H28N2O/c1-12-11-15(7-10-18(4)9-6-8-17)13(2)14(3)16(12)19-5/h11H,6-10,17H2,1-5H3. The molecule has 0 spiro atoms. The van der Waals surface area contributed by atoms with E-state index in [0.29, 0.717) is 0 Å². The van der Waals surface area contributed by atoms with E-state index in [1.54, 1.807) is 7.11 Å². The summed E-state index contributed by atoms with van der Waals surface area (Å²) in [5, 5.41) is 0. The van der Waals surface area contributed by atoms with Crippen LogP contribution in [-0.2, 0) is 6.42 Å². The molecule has 2 N–H and O–H groups in total. The first-order chi connectivity index (χ1) is 9.01. The Hall–Kier alpha value is -1.06. The van der Waals surface area contributed by atoms with Gasteiger partial charge in [-0.2, -0.15) is 0 Å². The molecule has 1 rings (SSSR count). The highest BCUT2D eigenvalue weighted by Crippen LogP contribution is 2.28. The lowest BCUT2D eigenvalue weighted by Gasteiger charge is -2.19. The second-order valence-corrected chi connectivity index (χ2v) is 5.33. The monoisotopic (exact) mass is 264 g/mol. The van der Waals surface area contributed by atoms with E-state index in [2.05, 4.69) is 38.8 Å². The molecule has 3 nitrogen and oxygen atoms in total. The average molecular weight is 264 g/mol. The van der Waals surface area contributed by atoms with Gasteiger partial charge in [-0.3, -0.25) is 0 Å². The molecule has 0 saturated heterocycles. The Morgan fingerprint density at radius 3 is 2.42 bits per heavy atom. The Kier molecular flexibility index (Phi) is 6.32. The van der Waals surface area contributed by atoms with Crippen molar-refractivity contribution in [2.75, 3.05) is 33.8 Å². The molecule has 0 radical (unpaired) electrons. The maximum atomic E-state index is 5.54. The fourth-order valence-corrected chi connectivity index (χ4v) is 2.50. The van der Waals surface area contributed by atoms with Crippen LogP contribution in [-0.4, -0.2) is 38.7 Å². The van der Waals surface area contributed by atoms with Crippen LogP contribution in [0.3, 0.4) is 0 Å². The number of rotatable bonds is 7. The van der Waals surface area contributed by atoms with Crippen LogP contribution in [0.1, 0.15) is 28.7 Å². The summed E-state index contributed by atoms with van der Waals surface area (Å²) >= 11 is 0. The molecule has 0 aliphatic carbocycles. The molecule has 0 heterocycles. The minimum Gasteiger partial charge on any atom is -0.496 e. The Bertz CT molecular complexity index is 416. The van der Waals surface area contributed by atoms with E-state index in [1.807, 2.05) is 0 Å². The van der Waals surface area contributed by atoms with Gasteiger partial charge in [0.25, 0.3) is 0 Å². The third-order valence-electron chi connectivity index (χ3n) is 3.84. The van der Waals surface area contributed by atoms with E-state index in [0.717, 1.165) is 38.2 Å². The van der Waals surface area contributed by atoms with Crippen LogP contribution in [0, 0.1) is 20.8 Å². The van der Waals surface area contributed by atoms with E-state index in [1.165, 1.54) is 22.3 Å². The molecule has 1 aromatic rings. The summed E-state index contributed by atoms with van der Waals surface area (Å²) in [5.41, 5.74) is 10.8. The molecule has 19 heavy (non-hydrogen) atoms. The summed E-state index contributed by atoms with van der Waals surface area (Å²) in [6.07, 6.45) is 2.15. The van der Waals surface area contributed by atoms with Gasteiger partial charge in [-0.1, -0.05) is 6.07 Å². The maximum absolute atomic E-state index is 5.54. The van der Waals surface area contributed by atoms with Gasteiger partial charge in [0.05, 0.1) is 7.11 Å². The number of likely N-dealkylation sites (N-methyl/N-ethyl adjacent to an activating group) is 1. The summed E-state index contributed by atoms with van der Waals surface area (Å²) in [6.45, 7) is 9.36. The van der Waals surface area contributed by atoms with Crippen molar-refractivity contribution in [3.8, 4) is 5.75 Å². The van der Waals surface area contributed by atoms with Crippen molar-refractivity contribution in [2.24, 2.45) is 5.73 Å². The number of hydrogen-bond donors (Lipinski definition) is 1. The molecule has 0 aromatic heterocycles. The predicted octanol–water partition coefficient (Wildman–Crippen LogP) is 2.44. The number of methoxy groups -OCH3 is 1. The van der Waals surface area contributed by atoms with Gasteiger partial charge in [-0.15, -0.1) is 0 Å². The Morgan fingerprint density at radius 2 is 1.84 bits per heavy atom. The molecule has 0 saturated carbocycles. The van der Waals surface area contributed by atoms with Crippen LogP contribution in [0.4, 0.5) is 0 Å². The van der Waals surface area contributed by atoms with Gasteiger partial charge >= 0.3 is 0 Å². The molecule has 1 aromatic carbocycles. The fraction of sp³-hybridized carbons (Fsp3) is 0.625. The molecule has 0 bridgehead atoms. The molecular formula is C16H28N2O. The number of ether oxygens (including phenoxy) is 1. The fourth-order valence-electron chi connectivity index (χ4n) is 2.50. The summed E-state index contributed by atoms with van der Waals surface area (Å²) in [6, 6.07) is 2.26. The van der Waals surface area contributed by atoms with Crippen molar-refractivity contribution in [3.63, 3.8) is 0 Å². The van der Waals surface area contributed by atoms with E-state index >= 15 is 0 Å². The maximum Gasteiger partial charge on any atom is 0.124 e. The van der Waals surface area contributed by atoms with Crippen molar-refractivity contribution in [1.82, 2.24) is 4.90 Å². The van der Waals surface area contributed by atoms with Crippen molar-refractivity contribution >= 4 is 0 Å². The first kappa shape index (κ1) is 16.0. The molecule has 0 aliphatic heterocycles. The van der Waals surface area contributed by atoms with Crippen LogP contribution in [0.15, 0.2) is 6.07 Å². The van der Waals surface area contributed by atoms with Crippen LogP contribution < -0.4 is 10.5 Å². The van der Waals surface area contributed by atoms with Crippen molar-refractivity contribution in [2.45, 2.75) is 33.6 Å². The number of benzene rings is 1. The minimum absolute atomic E-state index is 0.768. The summed E-state index contributed by atoms with van der Waals surface area (Å²) in [4.78, 5) is 2.35. The van der Waals surface area contributed by atoms with Crippen molar-refractivity contribution in [3.05, 3.63) is 28.3 Å². The molecule has 0 aliphatic rings. The highest BCUT2D eigenvalue weighted by atomic mass is 16.5. The lowest BCUT2D eigenvalue weighted by Crippen LogP contribution is -2.24. The number of aryl methyl sites for hydroxylation is 1. The van der Waals surface area contributed by atoms with Gasteiger partial charge < -0.3 is 15.4 Å². The number of nitrogens with zero attached hydrogens (tertiary/aromatic N) is 1. The SMILES string of the molecule is COc1c(C)cc(CCN(C)CCCN)c(C)c1C. The third kappa shape index (κ3) is 4.22. The minimum atomic E-state index is 0.768. The zero-order chi connectivity index (χ0) is 14.4. The molecule has 108 valence electrons. The van der Waals surface area contributed by atoms with E-state index in [9.17, 15) is 0 Å². The smallest absolute Gasteiger partial charge is 0.124 e. The second kappa shape index (κ2) is 7.51. The number of nitrogens with two attached hydrogens (primary N) is 1. The van der Waals surface area contributed by atoms with Gasteiger partial charge in [0.1, 0.15) is 5.75 Å². The lowest BCUT2D eigenvalue weighted by molar-refractivity contribution is 0.335. The van der Waals surface area contributed by atoms with Crippen LogP contribution in [0.2, 0.25) is 0 Å². The first-order valence-electron chi connectivity index (χ1n) is 7.03. The molecule has 0 atom stereocenters. The lowest BCUT2D eigenvalue weighted by atomic mass is 9.96. The zero-order valence-electron chi connectivity index (χ0n) is 13.0. The van der Waals surface area contributed by atoms with Crippen LogP contribution in [0.5, 0.6) is 5.75 Å². The Labute approximate surface area is 117 Å². The predicted molar refractivity (Wildman–Crippen MR) is 82.1 cm³/mol. The summed E-state index contributed by atoms with van der Waals surface area (Å²) in [5.74, 6) is 1.03. The van der Waals surface area contributed by atoms with E-state index in [-0.39, 0.29) is 0 Å². The van der Waals surface area contributed by atoms with Gasteiger partial charge in [0.2, 0.25) is 0 Å². The zero-order valence-corrected chi connectivity index (χ0v) is 13.0. The van der Waals surface area contributed by atoms with E-state index < -0.39 is 0 Å². The summed E-state index contributed by atoms with van der Waals surface area (Å²) < 4.78 is 5.47. The molecule has 3 heteroatoms.